The van der Waals surface area contributed by atoms with Gasteiger partial charge in [-0.3, -0.25) is 9.79 Å². The summed E-state index contributed by atoms with van der Waals surface area (Å²) in [6.45, 7) is 3.47. The van der Waals surface area contributed by atoms with Gasteiger partial charge in [0.05, 0.1) is 0 Å². The molecule has 0 unspecified atom stereocenters. The van der Waals surface area contributed by atoms with Gasteiger partial charge in [-0.05, 0) is 55.7 Å². The minimum atomic E-state index is 0.153. The number of anilines is 1. The molecule has 1 aromatic rings. The van der Waals surface area contributed by atoms with E-state index in [-0.39, 0.29) is 11.8 Å². The summed E-state index contributed by atoms with van der Waals surface area (Å²) in [4.78, 5) is 18.8. The van der Waals surface area contributed by atoms with Gasteiger partial charge in [-0.1, -0.05) is 18.6 Å². The number of amides is 1. The lowest BCUT2D eigenvalue weighted by atomic mass is 9.85. The molecule has 2 fully saturated rings. The highest BCUT2D eigenvalue weighted by Gasteiger charge is 2.25. The molecule has 0 spiro atoms. The highest BCUT2D eigenvalue weighted by Crippen LogP contribution is 2.27. The summed E-state index contributed by atoms with van der Waals surface area (Å²) in [5.41, 5.74) is 2.00. The van der Waals surface area contributed by atoms with Gasteiger partial charge in [0.1, 0.15) is 0 Å². The molecular weight excluding hydrogens is 352 g/mol. The molecule has 28 heavy (non-hydrogen) atoms. The van der Waals surface area contributed by atoms with Crippen LogP contribution >= 0.6 is 0 Å². The smallest absolute Gasteiger partial charge is 0.227 e. The molecule has 2 N–H and O–H groups in total. The maximum Gasteiger partial charge on any atom is 0.227 e. The molecule has 0 aromatic heterocycles. The van der Waals surface area contributed by atoms with Crippen LogP contribution in [-0.4, -0.2) is 50.6 Å². The predicted molar refractivity (Wildman–Crippen MR) is 113 cm³/mol. The fraction of sp³-hybridized carbons (Fsp3) is 0.636. The molecule has 1 aromatic carbocycles. The Kier molecular flexibility index (Phi) is 7.71. The van der Waals surface area contributed by atoms with Gasteiger partial charge < -0.3 is 20.3 Å². The van der Waals surface area contributed by atoms with Crippen molar-refractivity contribution >= 4 is 17.6 Å². The van der Waals surface area contributed by atoms with Gasteiger partial charge in [0.2, 0.25) is 5.91 Å². The van der Waals surface area contributed by atoms with Crippen LogP contribution in [0.5, 0.6) is 0 Å². The predicted octanol–water partition coefficient (Wildman–Crippen LogP) is 3.25. The molecule has 3 rings (SSSR count). The Morgan fingerprint density at radius 3 is 2.71 bits per heavy atom. The quantitative estimate of drug-likeness (QED) is 0.558. The van der Waals surface area contributed by atoms with E-state index in [1.165, 1.54) is 25.7 Å². The number of rotatable bonds is 7. The molecule has 6 heteroatoms. The summed E-state index contributed by atoms with van der Waals surface area (Å²) in [6, 6.07) is 8.06. The van der Waals surface area contributed by atoms with Crippen LogP contribution in [0.15, 0.2) is 29.3 Å². The summed E-state index contributed by atoms with van der Waals surface area (Å²) in [5, 5.41) is 6.49. The molecule has 2 aliphatic rings. The van der Waals surface area contributed by atoms with Crippen LogP contribution in [0.2, 0.25) is 0 Å². The Labute approximate surface area is 168 Å². The van der Waals surface area contributed by atoms with Crippen molar-refractivity contribution in [2.45, 2.75) is 45.1 Å². The van der Waals surface area contributed by atoms with Gasteiger partial charge in [-0.15, -0.1) is 0 Å². The third-order valence-electron chi connectivity index (χ3n) is 5.91. The molecule has 1 aliphatic carbocycles. The van der Waals surface area contributed by atoms with Crippen molar-refractivity contribution in [3.05, 3.63) is 29.8 Å². The van der Waals surface area contributed by atoms with E-state index in [2.05, 4.69) is 33.6 Å². The first-order valence-corrected chi connectivity index (χ1v) is 10.5. The van der Waals surface area contributed by atoms with Crippen LogP contribution in [0.25, 0.3) is 0 Å². The number of aliphatic imine (C=N–C) groups is 1. The van der Waals surface area contributed by atoms with Crippen LogP contribution in [0.4, 0.5) is 5.69 Å². The first kappa shape index (κ1) is 20.6. The molecule has 1 amide bonds. The summed E-state index contributed by atoms with van der Waals surface area (Å²) in [7, 11) is 3.91. The van der Waals surface area contributed by atoms with E-state index in [0.29, 0.717) is 6.54 Å². The zero-order chi connectivity index (χ0) is 19.8. The average Bonchev–Trinajstić information content (AvgIpc) is 2.66. The third kappa shape index (κ3) is 5.96. The number of nitrogens with zero attached hydrogens (tertiary/aromatic N) is 2. The van der Waals surface area contributed by atoms with E-state index in [1.54, 1.807) is 0 Å². The summed E-state index contributed by atoms with van der Waals surface area (Å²) in [5.74, 6) is 2.01. The summed E-state index contributed by atoms with van der Waals surface area (Å²) in [6.07, 6.45) is 6.71. The maximum absolute atomic E-state index is 12.1. The summed E-state index contributed by atoms with van der Waals surface area (Å²) >= 11 is 0. The van der Waals surface area contributed by atoms with Gasteiger partial charge in [0.15, 0.2) is 5.96 Å². The van der Waals surface area contributed by atoms with E-state index >= 15 is 0 Å². The van der Waals surface area contributed by atoms with Crippen LogP contribution in [0.3, 0.4) is 0 Å². The van der Waals surface area contributed by atoms with Crippen molar-refractivity contribution in [2.24, 2.45) is 16.8 Å². The Morgan fingerprint density at radius 1 is 1.25 bits per heavy atom. The van der Waals surface area contributed by atoms with Crippen molar-refractivity contribution in [3.8, 4) is 0 Å². The molecule has 154 valence electrons. The SMILES string of the molecule is CN=C(NCc1cccc(NC(=O)C2CCC2)c1)N(C)CCC1CCOCC1. The molecule has 1 saturated heterocycles. The molecule has 0 radical (unpaired) electrons. The van der Waals surface area contributed by atoms with Crippen LogP contribution in [0.1, 0.15) is 44.1 Å². The Bertz CT molecular complexity index is 666. The number of carbonyl (C=O) groups is 1. The fourth-order valence-corrected chi connectivity index (χ4v) is 3.76. The van der Waals surface area contributed by atoms with Crippen molar-refractivity contribution in [2.75, 3.05) is 39.2 Å². The molecular formula is C22H34N4O2. The van der Waals surface area contributed by atoms with Crippen molar-refractivity contribution in [1.29, 1.82) is 0 Å². The molecule has 1 saturated carbocycles. The van der Waals surface area contributed by atoms with Gasteiger partial charge in [0, 0.05) is 52.0 Å². The molecule has 0 bridgehead atoms. The minimum absolute atomic E-state index is 0.153. The topological polar surface area (TPSA) is 66.0 Å². The zero-order valence-electron chi connectivity index (χ0n) is 17.2. The monoisotopic (exact) mass is 386 g/mol. The fourth-order valence-electron chi connectivity index (χ4n) is 3.76. The number of benzene rings is 1. The second-order valence-corrected chi connectivity index (χ2v) is 7.98. The standard InChI is InChI=1S/C22H34N4O2/c1-23-22(26(2)12-9-17-10-13-28-14-11-17)24-16-18-5-3-8-20(15-18)25-21(27)19-6-4-7-19/h3,5,8,15,17,19H,4,6-7,9-14,16H2,1-2H3,(H,23,24)(H,25,27). The summed E-state index contributed by atoms with van der Waals surface area (Å²) < 4.78 is 5.44. The van der Waals surface area contributed by atoms with E-state index in [4.69, 9.17) is 4.74 Å². The molecule has 0 atom stereocenters. The third-order valence-corrected chi connectivity index (χ3v) is 5.91. The van der Waals surface area contributed by atoms with E-state index < -0.39 is 0 Å². The lowest BCUT2D eigenvalue weighted by Gasteiger charge is -2.27. The van der Waals surface area contributed by atoms with E-state index in [9.17, 15) is 4.79 Å². The van der Waals surface area contributed by atoms with Gasteiger partial charge in [0.25, 0.3) is 0 Å². The number of hydrogen-bond acceptors (Lipinski definition) is 3. The van der Waals surface area contributed by atoms with Gasteiger partial charge >= 0.3 is 0 Å². The Hall–Kier alpha value is -2.08. The van der Waals surface area contributed by atoms with Crippen molar-refractivity contribution in [3.63, 3.8) is 0 Å². The first-order valence-electron chi connectivity index (χ1n) is 10.5. The first-order chi connectivity index (χ1) is 13.7. The maximum atomic E-state index is 12.1. The lowest BCUT2D eigenvalue weighted by Crippen LogP contribution is -2.39. The van der Waals surface area contributed by atoms with E-state index in [1.807, 2.05) is 25.2 Å². The second-order valence-electron chi connectivity index (χ2n) is 7.98. The average molecular weight is 387 g/mol. The number of guanidine groups is 1. The highest BCUT2D eigenvalue weighted by atomic mass is 16.5. The molecule has 1 heterocycles. The van der Waals surface area contributed by atoms with Crippen molar-refractivity contribution < 1.29 is 9.53 Å². The van der Waals surface area contributed by atoms with Crippen LogP contribution in [0, 0.1) is 11.8 Å². The number of ether oxygens (including phenoxy) is 1. The molecule has 6 nitrogen and oxygen atoms in total. The van der Waals surface area contributed by atoms with Crippen LogP contribution < -0.4 is 10.6 Å². The van der Waals surface area contributed by atoms with Crippen LogP contribution in [-0.2, 0) is 16.1 Å². The molecule has 1 aliphatic heterocycles. The second kappa shape index (κ2) is 10.5. The Balaban J connectivity index is 1.45. The highest BCUT2D eigenvalue weighted by molar-refractivity contribution is 5.93. The normalized spacial score (nSPS) is 18.4. The Morgan fingerprint density at radius 2 is 2.04 bits per heavy atom. The number of hydrogen-bond donors (Lipinski definition) is 2. The number of carbonyl (C=O) groups excluding carboxylic acids is 1. The van der Waals surface area contributed by atoms with E-state index in [0.717, 1.165) is 55.7 Å². The zero-order valence-corrected chi connectivity index (χ0v) is 17.2. The van der Waals surface area contributed by atoms with Gasteiger partial charge in [-0.25, -0.2) is 0 Å². The largest absolute Gasteiger partial charge is 0.381 e. The van der Waals surface area contributed by atoms with Crippen molar-refractivity contribution in [1.82, 2.24) is 10.2 Å². The number of nitrogens with one attached hydrogen (secondary N) is 2. The minimum Gasteiger partial charge on any atom is -0.381 e. The van der Waals surface area contributed by atoms with Gasteiger partial charge in [-0.2, -0.15) is 0 Å². The lowest BCUT2D eigenvalue weighted by molar-refractivity contribution is -0.122.